The molecule has 2 aromatic carbocycles. The number of aromatic carboxylic acids is 1. The maximum atomic E-state index is 13.1. The first-order chi connectivity index (χ1) is 12.1. The third-order valence-corrected chi connectivity index (χ3v) is 3.80. The second-order valence-electron chi connectivity index (χ2n) is 5.46. The highest BCUT2D eigenvalue weighted by atomic mass is 19.1. The molecule has 3 aromatic rings. The number of aromatic nitrogens is 1. The molecule has 0 aliphatic heterocycles. The van der Waals surface area contributed by atoms with Crippen molar-refractivity contribution >= 4 is 16.9 Å². The zero-order chi connectivity index (χ0) is 18.4. The van der Waals surface area contributed by atoms with Crippen LogP contribution in [-0.4, -0.2) is 16.1 Å². The van der Waals surface area contributed by atoms with Crippen molar-refractivity contribution in [2.24, 2.45) is 0 Å². The fourth-order valence-electron chi connectivity index (χ4n) is 2.68. The Labute approximate surface area is 147 Å². The highest BCUT2D eigenvalue weighted by molar-refractivity contribution is 5.94. The smallest absolute Gasteiger partial charge is 0.335 e. The summed E-state index contributed by atoms with van der Waals surface area (Å²) in [6.45, 7) is 6.09. The molecule has 0 amide bonds. The van der Waals surface area contributed by atoms with Crippen molar-refractivity contribution in [3.63, 3.8) is 0 Å². The summed E-state index contributed by atoms with van der Waals surface area (Å²) in [6, 6.07) is 13.2. The van der Waals surface area contributed by atoms with E-state index < -0.39 is 5.97 Å². The van der Waals surface area contributed by atoms with E-state index in [1.165, 1.54) is 12.1 Å². The summed E-state index contributed by atoms with van der Waals surface area (Å²) in [5.74, 6) is -1.27. The number of rotatable bonds is 4. The molecule has 3 rings (SSSR count). The Morgan fingerprint density at radius 1 is 1.08 bits per heavy atom. The van der Waals surface area contributed by atoms with Gasteiger partial charge in [-0.2, -0.15) is 0 Å². The lowest BCUT2D eigenvalue weighted by molar-refractivity contribution is 0.0697. The number of fused-ring (bicyclic) bond motifs is 1. The Morgan fingerprint density at radius 2 is 1.76 bits per heavy atom. The lowest BCUT2D eigenvalue weighted by Gasteiger charge is -2.10. The number of pyridine rings is 1. The van der Waals surface area contributed by atoms with Crippen LogP contribution in [0.4, 0.5) is 4.39 Å². The van der Waals surface area contributed by atoms with E-state index >= 15 is 0 Å². The number of benzene rings is 2. The van der Waals surface area contributed by atoms with Gasteiger partial charge in [-0.3, -0.25) is 0 Å². The van der Waals surface area contributed by atoms with Crippen molar-refractivity contribution in [2.45, 2.75) is 33.6 Å². The van der Waals surface area contributed by atoms with Crippen molar-refractivity contribution in [3.05, 3.63) is 65.5 Å². The summed E-state index contributed by atoms with van der Waals surface area (Å²) < 4.78 is 13.1. The van der Waals surface area contributed by atoms with Gasteiger partial charge in [0.1, 0.15) is 5.82 Å². The molecule has 0 atom stereocenters. The minimum atomic E-state index is -0.974. The van der Waals surface area contributed by atoms with Crippen molar-refractivity contribution in [1.29, 1.82) is 0 Å². The van der Waals surface area contributed by atoms with E-state index in [2.05, 4.69) is 11.9 Å². The molecule has 0 spiro atoms. The van der Waals surface area contributed by atoms with E-state index in [4.69, 9.17) is 5.11 Å². The summed E-state index contributed by atoms with van der Waals surface area (Å²) in [4.78, 5) is 15.8. The topological polar surface area (TPSA) is 50.2 Å². The Hall–Kier alpha value is -2.75. The highest BCUT2D eigenvalue weighted by Crippen LogP contribution is 2.26. The SMILES string of the molecule is CC.CCCc1cc(-c2ccc(F)cc2)nc2cc(C(=O)O)ccc12. The van der Waals surface area contributed by atoms with Crippen LogP contribution >= 0.6 is 0 Å². The molecular weight excluding hydrogens is 317 g/mol. The molecule has 3 nitrogen and oxygen atoms in total. The molecule has 0 radical (unpaired) electrons. The summed E-state index contributed by atoms with van der Waals surface area (Å²) in [6.07, 6.45) is 1.85. The van der Waals surface area contributed by atoms with Gasteiger partial charge in [-0.25, -0.2) is 14.2 Å². The second kappa shape index (κ2) is 8.38. The molecule has 25 heavy (non-hydrogen) atoms. The van der Waals surface area contributed by atoms with Crippen LogP contribution in [0.5, 0.6) is 0 Å². The minimum Gasteiger partial charge on any atom is -0.478 e. The molecule has 0 saturated carbocycles. The van der Waals surface area contributed by atoms with Crippen LogP contribution in [-0.2, 0) is 6.42 Å². The average molecular weight is 339 g/mol. The van der Waals surface area contributed by atoms with Crippen molar-refractivity contribution in [2.75, 3.05) is 0 Å². The quantitative estimate of drug-likeness (QED) is 0.661. The van der Waals surface area contributed by atoms with Gasteiger partial charge in [-0.05, 0) is 54.4 Å². The fourth-order valence-corrected chi connectivity index (χ4v) is 2.68. The summed E-state index contributed by atoms with van der Waals surface area (Å²) >= 11 is 0. The van der Waals surface area contributed by atoms with Crippen LogP contribution in [0.1, 0.15) is 43.1 Å². The number of hydrogen-bond acceptors (Lipinski definition) is 2. The van der Waals surface area contributed by atoms with Gasteiger partial charge in [0.05, 0.1) is 16.8 Å². The zero-order valence-electron chi connectivity index (χ0n) is 14.7. The zero-order valence-corrected chi connectivity index (χ0v) is 14.7. The van der Waals surface area contributed by atoms with Gasteiger partial charge in [0.2, 0.25) is 0 Å². The van der Waals surface area contributed by atoms with E-state index in [0.29, 0.717) is 5.52 Å². The number of nitrogens with zero attached hydrogens (tertiary/aromatic N) is 1. The van der Waals surface area contributed by atoms with Gasteiger partial charge in [-0.15, -0.1) is 0 Å². The van der Waals surface area contributed by atoms with Gasteiger partial charge < -0.3 is 5.11 Å². The van der Waals surface area contributed by atoms with Crippen LogP contribution < -0.4 is 0 Å². The van der Waals surface area contributed by atoms with Crippen molar-refractivity contribution in [3.8, 4) is 11.3 Å². The Morgan fingerprint density at radius 3 is 2.36 bits per heavy atom. The Balaban J connectivity index is 0.00000109. The molecule has 1 N–H and O–H groups in total. The number of hydrogen-bond donors (Lipinski definition) is 1. The minimum absolute atomic E-state index is 0.212. The maximum absolute atomic E-state index is 13.1. The first-order valence-corrected chi connectivity index (χ1v) is 8.51. The fraction of sp³-hybridized carbons (Fsp3) is 0.238. The van der Waals surface area contributed by atoms with Gasteiger partial charge in [0.15, 0.2) is 0 Å². The molecule has 0 aliphatic rings. The third-order valence-electron chi connectivity index (χ3n) is 3.80. The van der Waals surface area contributed by atoms with Gasteiger partial charge in [0.25, 0.3) is 0 Å². The number of carboxylic acid groups (broad SMARTS) is 1. The molecule has 1 heterocycles. The standard InChI is InChI=1S/C19H16FNO2.C2H6/c1-2-3-13-10-17(12-4-7-15(20)8-5-12)21-18-11-14(19(22)23)6-9-16(13)18;1-2/h4-11H,2-3H2,1H3,(H,22,23);1-2H3. The molecule has 0 saturated heterocycles. The van der Waals surface area contributed by atoms with Crippen LogP contribution in [0, 0.1) is 5.82 Å². The second-order valence-corrected chi connectivity index (χ2v) is 5.46. The predicted octanol–water partition coefficient (Wildman–Crippen LogP) is 5.72. The Bertz CT molecular complexity index is 873. The Kier molecular flexibility index (Phi) is 6.23. The lowest BCUT2D eigenvalue weighted by atomic mass is 10.00. The molecule has 130 valence electrons. The van der Waals surface area contributed by atoms with E-state index in [0.717, 1.165) is 35.0 Å². The van der Waals surface area contributed by atoms with Gasteiger partial charge >= 0.3 is 5.97 Å². The number of halogens is 1. The largest absolute Gasteiger partial charge is 0.478 e. The summed E-state index contributed by atoms with van der Waals surface area (Å²) in [5, 5.41) is 10.1. The van der Waals surface area contributed by atoms with E-state index in [-0.39, 0.29) is 11.4 Å². The monoisotopic (exact) mass is 339 g/mol. The number of carboxylic acids is 1. The molecule has 0 fully saturated rings. The van der Waals surface area contributed by atoms with E-state index in [1.807, 2.05) is 26.0 Å². The first-order valence-electron chi connectivity index (χ1n) is 8.51. The normalized spacial score (nSPS) is 10.2. The molecule has 4 heteroatoms. The van der Waals surface area contributed by atoms with Crippen LogP contribution in [0.3, 0.4) is 0 Å². The third kappa shape index (κ3) is 4.21. The molecule has 0 bridgehead atoms. The first kappa shape index (κ1) is 18.6. The lowest BCUT2D eigenvalue weighted by Crippen LogP contribution is -1.98. The summed E-state index contributed by atoms with van der Waals surface area (Å²) in [5.41, 5.74) is 3.52. The average Bonchev–Trinajstić information content (AvgIpc) is 2.63. The van der Waals surface area contributed by atoms with Crippen LogP contribution in [0.15, 0.2) is 48.5 Å². The van der Waals surface area contributed by atoms with Crippen molar-refractivity contribution in [1.82, 2.24) is 4.98 Å². The highest BCUT2D eigenvalue weighted by Gasteiger charge is 2.10. The maximum Gasteiger partial charge on any atom is 0.335 e. The van der Waals surface area contributed by atoms with Crippen LogP contribution in [0.2, 0.25) is 0 Å². The molecule has 1 aromatic heterocycles. The molecule has 0 aliphatic carbocycles. The van der Waals surface area contributed by atoms with Gasteiger partial charge in [0, 0.05) is 10.9 Å². The summed E-state index contributed by atoms with van der Waals surface area (Å²) in [7, 11) is 0. The molecule has 0 unspecified atom stereocenters. The van der Waals surface area contributed by atoms with E-state index in [9.17, 15) is 9.18 Å². The van der Waals surface area contributed by atoms with Crippen molar-refractivity contribution < 1.29 is 14.3 Å². The number of carbonyl (C=O) groups is 1. The van der Waals surface area contributed by atoms with Gasteiger partial charge in [-0.1, -0.05) is 33.3 Å². The van der Waals surface area contributed by atoms with E-state index in [1.54, 1.807) is 24.3 Å². The predicted molar refractivity (Wildman–Crippen MR) is 99.4 cm³/mol. The molecular formula is C21H22FNO2. The number of aryl methyl sites for hydroxylation is 1. The van der Waals surface area contributed by atoms with Crippen LogP contribution in [0.25, 0.3) is 22.2 Å².